The van der Waals surface area contributed by atoms with E-state index in [2.05, 4.69) is 31.3 Å². The first-order valence-electron chi connectivity index (χ1n) is 10.00. The molecule has 5 nitrogen and oxygen atoms in total. The number of aromatic carboxylic acids is 1. The third-order valence-electron chi connectivity index (χ3n) is 5.14. The largest absolute Gasteiger partial charge is 0.478 e. The molecule has 0 fully saturated rings. The summed E-state index contributed by atoms with van der Waals surface area (Å²) in [5.74, 6) is -0.564. The maximum absolute atomic E-state index is 12.7. The highest BCUT2D eigenvalue weighted by molar-refractivity contribution is 6.34. The highest BCUT2D eigenvalue weighted by atomic mass is 35.5. The molecule has 7 heteroatoms. The van der Waals surface area contributed by atoms with Crippen LogP contribution in [0.3, 0.4) is 0 Å². The minimum atomic E-state index is -0.973. The fourth-order valence-corrected chi connectivity index (χ4v) is 3.85. The molecule has 3 rings (SSSR count). The average Bonchev–Trinajstić information content (AvgIpc) is 2.75. The molecule has 0 aliphatic heterocycles. The van der Waals surface area contributed by atoms with Crippen molar-refractivity contribution in [1.29, 1.82) is 0 Å². The third-order valence-corrected chi connectivity index (χ3v) is 5.74. The fourth-order valence-electron chi connectivity index (χ4n) is 3.30. The Bertz CT molecular complexity index is 1140. The molecule has 2 aromatic carbocycles. The van der Waals surface area contributed by atoms with Gasteiger partial charge in [0.05, 0.1) is 22.8 Å². The number of hydrogen-bond acceptors (Lipinski definition) is 3. The van der Waals surface area contributed by atoms with E-state index in [0.717, 1.165) is 11.3 Å². The van der Waals surface area contributed by atoms with Gasteiger partial charge in [0, 0.05) is 12.2 Å². The van der Waals surface area contributed by atoms with Gasteiger partial charge in [0.2, 0.25) is 0 Å². The van der Waals surface area contributed by atoms with Crippen LogP contribution >= 0.6 is 23.2 Å². The maximum atomic E-state index is 12.7. The zero-order chi connectivity index (χ0) is 22.5. The van der Waals surface area contributed by atoms with E-state index in [-0.39, 0.29) is 16.1 Å². The van der Waals surface area contributed by atoms with Crippen molar-refractivity contribution >= 4 is 34.9 Å². The number of nitrogens with one attached hydrogen (secondary N) is 1. The minimum absolute atomic E-state index is 0.0665. The first kappa shape index (κ1) is 22.9. The minimum Gasteiger partial charge on any atom is -0.478 e. The number of hydrogen-bond donors (Lipinski definition) is 2. The zero-order valence-electron chi connectivity index (χ0n) is 17.4. The van der Waals surface area contributed by atoms with Crippen molar-refractivity contribution < 1.29 is 9.90 Å². The van der Waals surface area contributed by atoms with Gasteiger partial charge in [-0.3, -0.25) is 4.79 Å². The standard InChI is InChI=1S/C24H24Cl2N2O3/c1-15(2)18-4-3-5-19(12-18)27-14-22-20(25)13-21(26)23(29)28(22)11-10-16-6-8-17(9-7-16)24(30)31/h3-9,12-13,15,27H,10-11,14H2,1-2H3,(H,30,31). The lowest BCUT2D eigenvalue weighted by Crippen LogP contribution is -2.26. The number of pyridine rings is 1. The molecule has 1 heterocycles. The number of carboxylic acids is 1. The summed E-state index contributed by atoms with van der Waals surface area (Å²) in [6.07, 6.45) is 0.534. The molecule has 0 bridgehead atoms. The van der Waals surface area contributed by atoms with E-state index in [1.165, 1.54) is 11.6 Å². The van der Waals surface area contributed by atoms with Gasteiger partial charge in [0.1, 0.15) is 5.02 Å². The molecule has 0 spiro atoms. The summed E-state index contributed by atoms with van der Waals surface area (Å²) in [5.41, 5.74) is 3.64. The fraction of sp³-hybridized carbons (Fsp3) is 0.250. The summed E-state index contributed by atoms with van der Waals surface area (Å²) in [4.78, 5) is 23.7. The number of halogens is 2. The molecule has 3 aromatic rings. The van der Waals surface area contributed by atoms with Gasteiger partial charge in [-0.15, -0.1) is 0 Å². The van der Waals surface area contributed by atoms with Crippen molar-refractivity contribution in [2.75, 3.05) is 5.32 Å². The predicted octanol–water partition coefficient (Wildman–Crippen LogP) is 5.83. The van der Waals surface area contributed by atoms with E-state index in [9.17, 15) is 9.59 Å². The average molecular weight is 459 g/mol. The molecule has 0 saturated heterocycles. The van der Waals surface area contributed by atoms with Gasteiger partial charge in [-0.25, -0.2) is 4.79 Å². The Kier molecular flexibility index (Phi) is 7.42. The molecule has 0 aliphatic carbocycles. The third kappa shape index (κ3) is 5.69. The molecule has 1 aromatic heterocycles. The molecule has 0 saturated carbocycles. The highest BCUT2D eigenvalue weighted by Gasteiger charge is 2.13. The number of carboxylic acid groups (broad SMARTS) is 1. The smallest absolute Gasteiger partial charge is 0.335 e. The molecule has 31 heavy (non-hydrogen) atoms. The quantitative estimate of drug-likeness (QED) is 0.445. The molecule has 2 N–H and O–H groups in total. The lowest BCUT2D eigenvalue weighted by Gasteiger charge is -2.17. The molecule has 0 amide bonds. The van der Waals surface area contributed by atoms with Gasteiger partial charge in [0.15, 0.2) is 0 Å². The number of carbonyl (C=O) groups is 1. The van der Waals surface area contributed by atoms with Crippen LogP contribution in [0.4, 0.5) is 5.69 Å². The van der Waals surface area contributed by atoms with Gasteiger partial charge < -0.3 is 15.0 Å². The van der Waals surface area contributed by atoms with Crippen molar-refractivity contribution in [2.45, 2.75) is 39.3 Å². The molecule has 0 aliphatic rings. The van der Waals surface area contributed by atoms with Crippen LogP contribution in [0.1, 0.15) is 46.9 Å². The zero-order valence-corrected chi connectivity index (χ0v) is 18.9. The molecular formula is C24H24Cl2N2O3. The monoisotopic (exact) mass is 458 g/mol. The van der Waals surface area contributed by atoms with E-state index >= 15 is 0 Å². The predicted molar refractivity (Wildman–Crippen MR) is 126 cm³/mol. The summed E-state index contributed by atoms with van der Waals surface area (Å²) < 4.78 is 1.58. The van der Waals surface area contributed by atoms with Crippen LogP contribution in [-0.4, -0.2) is 15.6 Å². The van der Waals surface area contributed by atoms with Gasteiger partial charge in [-0.05, 0) is 53.8 Å². The summed E-state index contributed by atoms with van der Waals surface area (Å²) in [6, 6.07) is 16.2. The maximum Gasteiger partial charge on any atom is 0.335 e. The topological polar surface area (TPSA) is 71.3 Å². The van der Waals surface area contributed by atoms with Crippen LogP contribution in [0.2, 0.25) is 10.0 Å². The number of aryl methyl sites for hydroxylation is 1. The van der Waals surface area contributed by atoms with Crippen LogP contribution < -0.4 is 10.9 Å². The van der Waals surface area contributed by atoms with Crippen LogP contribution in [0.5, 0.6) is 0 Å². The highest BCUT2D eigenvalue weighted by Crippen LogP contribution is 2.22. The van der Waals surface area contributed by atoms with Gasteiger partial charge in [0.25, 0.3) is 5.56 Å². The first-order chi connectivity index (χ1) is 14.8. The van der Waals surface area contributed by atoms with E-state index in [4.69, 9.17) is 28.3 Å². The summed E-state index contributed by atoms with van der Waals surface area (Å²) >= 11 is 12.5. The summed E-state index contributed by atoms with van der Waals surface area (Å²) in [6.45, 7) is 5.00. The summed E-state index contributed by atoms with van der Waals surface area (Å²) in [7, 11) is 0. The van der Waals surface area contributed by atoms with Crippen molar-refractivity contribution in [2.24, 2.45) is 0 Å². The second-order valence-corrected chi connectivity index (χ2v) is 8.44. The second-order valence-electron chi connectivity index (χ2n) is 7.63. The normalized spacial score (nSPS) is 11.0. The number of benzene rings is 2. The first-order valence-corrected chi connectivity index (χ1v) is 10.8. The number of rotatable bonds is 8. The Hall–Kier alpha value is -2.76. The van der Waals surface area contributed by atoms with Gasteiger partial charge >= 0.3 is 5.97 Å². The van der Waals surface area contributed by atoms with Crippen molar-refractivity contribution in [3.8, 4) is 0 Å². The van der Waals surface area contributed by atoms with Gasteiger partial charge in [-0.1, -0.05) is 61.3 Å². The summed E-state index contributed by atoms with van der Waals surface area (Å²) in [5, 5.41) is 12.9. The van der Waals surface area contributed by atoms with Crippen molar-refractivity contribution in [1.82, 2.24) is 4.57 Å². The lowest BCUT2D eigenvalue weighted by molar-refractivity contribution is 0.0697. The van der Waals surface area contributed by atoms with Crippen LogP contribution in [0, 0.1) is 0 Å². The van der Waals surface area contributed by atoms with E-state index in [1.807, 2.05) is 12.1 Å². The second kappa shape index (κ2) is 10.0. The van der Waals surface area contributed by atoms with E-state index < -0.39 is 5.97 Å². The molecular weight excluding hydrogens is 435 g/mol. The number of aromatic nitrogens is 1. The lowest BCUT2D eigenvalue weighted by atomic mass is 10.0. The van der Waals surface area contributed by atoms with Crippen LogP contribution in [0.25, 0.3) is 0 Å². The SMILES string of the molecule is CC(C)c1cccc(NCc2c(Cl)cc(Cl)c(=O)n2CCc2ccc(C(=O)O)cc2)c1. The van der Waals surface area contributed by atoms with Crippen molar-refractivity contribution in [3.05, 3.63) is 97.4 Å². The number of anilines is 1. The molecule has 162 valence electrons. The van der Waals surface area contributed by atoms with Crippen LogP contribution in [-0.2, 0) is 19.5 Å². The number of nitrogens with zero attached hydrogens (tertiary/aromatic N) is 1. The Balaban J connectivity index is 1.82. The Morgan fingerprint density at radius 2 is 1.77 bits per heavy atom. The molecule has 0 unspecified atom stereocenters. The molecule has 0 radical (unpaired) electrons. The Morgan fingerprint density at radius 3 is 2.42 bits per heavy atom. The van der Waals surface area contributed by atoms with E-state index in [1.54, 1.807) is 28.8 Å². The Labute approximate surface area is 191 Å². The van der Waals surface area contributed by atoms with Crippen molar-refractivity contribution in [3.63, 3.8) is 0 Å². The van der Waals surface area contributed by atoms with E-state index in [0.29, 0.717) is 36.1 Å². The van der Waals surface area contributed by atoms with Crippen LogP contribution in [0.15, 0.2) is 59.4 Å². The molecule has 0 atom stereocenters. The Morgan fingerprint density at radius 1 is 1.06 bits per heavy atom. The van der Waals surface area contributed by atoms with Gasteiger partial charge in [-0.2, -0.15) is 0 Å².